The lowest BCUT2D eigenvalue weighted by Crippen LogP contribution is -2.24. The summed E-state index contributed by atoms with van der Waals surface area (Å²) >= 11 is 0. The van der Waals surface area contributed by atoms with Gasteiger partial charge >= 0.3 is 0 Å². The number of hydrogen-bond acceptors (Lipinski definition) is 2. The zero-order valence-corrected chi connectivity index (χ0v) is 14.4. The van der Waals surface area contributed by atoms with Crippen molar-refractivity contribution in [1.29, 1.82) is 0 Å². The first-order chi connectivity index (χ1) is 10.1. The highest BCUT2D eigenvalue weighted by atomic mass is 16.5. The topological polar surface area (TPSA) is 18.5 Å². The second-order valence-corrected chi connectivity index (χ2v) is 7.45. The smallest absolute Gasteiger partial charge is 0.128 e. The van der Waals surface area contributed by atoms with Crippen LogP contribution in [0, 0.1) is 0 Å². The Kier molecular flexibility index (Phi) is 4.50. The minimum absolute atomic E-state index is 0.222. The third-order valence-corrected chi connectivity index (χ3v) is 2.88. The van der Waals surface area contributed by atoms with Crippen molar-refractivity contribution >= 4 is 0 Å². The van der Waals surface area contributed by atoms with Crippen molar-refractivity contribution in [1.82, 2.24) is 0 Å². The molecule has 0 unspecified atom stereocenters. The van der Waals surface area contributed by atoms with E-state index in [1.165, 1.54) is 0 Å². The Morgan fingerprint density at radius 2 is 1.27 bits per heavy atom. The summed E-state index contributed by atoms with van der Waals surface area (Å²) in [6.45, 7) is 12.3. The molecule has 0 atom stereocenters. The maximum absolute atomic E-state index is 6.12. The molecule has 2 aromatic carbocycles. The Hall–Kier alpha value is -1.96. The van der Waals surface area contributed by atoms with Gasteiger partial charge in [-0.2, -0.15) is 0 Å². The highest BCUT2D eigenvalue weighted by molar-refractivity contribution is 5.72. The SMILES string of the molecule is CC(C)(C)Oc1ccc(OC(C)(C)C)c(-c2ccccc2)c1. The molecule has 0 spiro atoms. The van der Waals surface area contributed by atoms with Gasteiger partial charge in [-0.25, -0.2) is 0 Å². The second kappa shape index (κ2) is 6.04. The average molecular weight is 298 g/mol. The van der Waals surface area contributed by atoms with Gasteiger partial charge in [0.1, 0.15) is 22.7 Å². The normalized spacial score (nSPS) is 12.1. The van der Waals surface area contributed by atoms with Crippen molar-refractivity contribution in [3.8, 4) is 22.6 Å². The zero-order chi connectivity index (χ0) is 16.4. The highest BCUT2D eigenvalue weighted by Gasteiger charge is 2.18. The van der Waals surface area contributed by atoms with Gasteiger partial charge in [-0.15, -0.1) is 0 Å². The molecule has 0 aliphatic heterocycles. The molecule has 0 saturated heterocycles. The lowest BCUT2D eigenvalue weighted by molar-refractivity contribution is 0.126. The fourth-order valence-corrected chi connectivity index (χ4v) is 2.19. The molecule has 0 bridgehead atoms. The van der Waals surface area contributed by atoms with Crippen molar-refractivity contribution in [2.75, 3.05) is 0 Å². The van der Waals surface area contributed by atoms with E-state index < -0.39 is 0 Å². The maximum atomic E-state index is 6.12. The van der Waals surface area contributed by atoms with Crippen LogP contribution >= 0.6 is 0 Å². The van der Waals surface area contributed by atoms with Gasteiger partial charge in [0.25, 0.3) is 0 Å². The third-order valence-electron chi connectivity index (χ3n) is 2.88. The molecule has 0 aliphatic rings. The molecule has 22 heavy (non-hydrogen) atoms. The summed E-state index contributed by atoms with van der Waals surface area (Å²) < 4.78 is 12.1. The first kappa shape index (κ1) is 16.4. The van der Waals surface area contributed by atoms with Crippen LogP contribution in [0.1, 0.15) is 41.5 Å². The van der Waals surface area contributed by atoms with E-state index in [9.17, 15) is 0 Å². The van der Waals surface area contributed by atoms with Gasteiger partial charge in [0.2, 0.25) is 0 Å². The van der Waals surface area contributed by atoms with Crippen LogP contribution in [0.15, 0.2) is 48.5 Å². The predicted octanol–water partition coefficient (Wildman–Crippen LogP) is 5.71. The van der Waals surface area contributed by atoms with Gasteiger partial charge in [-0.05, 0) is 65.3 Å². The van der Waals surface area contributed by atoms with E-state index in [1.54, 1.807) is 0 Å². The molecule has 0 saturated carbocycles. The van der Waals surface area contributed by atoms with Gasteiger partial charge in [0.15, 0.2) is 0 Å². The molecule has 2 heteroatoms. The van der Waals surface area contributed by atoms with Crippen molar-refractivity contribution in [3.05, 3.63) is 48.5 Å². The monoisotopic (exact) mass is 298 g/mol. The molecule has 0 amide bonds. The van der Waals surface area contributed by atoms with Crippen LogP contribution < -0.4 is 9.47 Å². The predicted molar refractivity (Wildman–Crippen MR) is 92.6 cm³/mol. The van der Waals surface area contributed by atoms with Crippen LogP contribution in [-0.4, -0.2) is 11.2 Å². The van der Waals surface area contributed by atoms with E-state index >= 15 is 0 Å². The van der Waals surface area contributed by atoms with Gasteiger partial charge < -0.3 is 9.47 Å². The first-order valence-corrected chi connectivity index (χ1v) is 7.72. The van der Waals surface area contributed by atoms with Crippen LogP contribution in [0.4, 0.5) is 0 Å². The largest absolute Gasteiger partial charge is 0.488 e. The lowest BCUT2D eigenvalue weighted by atomic mass is 10.0. The van der Waals surface area contributed by atoms with Crippen LogP contribution in [-0.2, 0) is 0 Å². The van der Waals surface area contributed by atoms with Gasteiger partial charge in [-0.3, -0.25) is 0 Å². The minimum atomic E-state index is -0.240. The Balaban J connectivity index is 2.46. The minimum Gasteiger partial charge on any atom is -0.488 e. The summed E-state index contributed by atoms with van der Waals surface area (Å²) in [5.41, 5.74) is 1.72. The molecular weight excluding hydrogens is 272 g/mol. The van der Waals surface area contributed by atoms with Gasteiger partial charge in [0.05, 0.1) is 0 Å². The van der Waals surface area contributed by atoms with Crippen LogP contribution in [0.5, 0.6) is 11.5 Å². The number of rotatable bonds is 3. The van der Waals surface area contributed by atoms with Crippen LogP contribution in [0.2, 0.25) is 0 Å². The summed E-state index contributed by atoms with van der Waals surface area (Å²) in [6.07, 6.45) is 0. The number of benzene rings is 2. The van der Waals surface area contributed by atoms with E-state index in [1.807, 2.05) is 30.3 Å². The molecule has 0 fully saturated rings. The lowest BCUT2D eigenvalue weighted by Gasteiger charge is -2.25. The number of hydrogen-bond donors (Lipinski definition) is 0. The molecule has 0 aliphatic carbocycles. The van der Waals surface area contributed by atoms with E-state index in [0.717, 1.165) is 22.6 Å². The van der Waals surface area contributed by atoms with E-state index in [0.29, 0.717) is 0 Å². The second-order valence-electron chi connectivity index (χ2n) is 7.45. The summed E-state index contributed by atoms with van der Waals surface area (Å²) in [6, 6.07) is 16.3. The van der Waals surface area contributed by atoms with Crippen molar-refractivity contribution in [2.24, 2.45) is 0 Å². The fraction of sp³-hybridized carbons (Fsp3) is 0.400. The molecule has 0 radical (unpaired) electrons. The average Bonchev–Trinajstić information content (AvgIpc) is 2.38. The van der Waals surface area contributed by atoms with E-state index in [-0.39, 0.29) is 11.2 Å². The Morgan fingerprint density at radius 1 is 0.682 bits per heavy atom. The molecule has 0 N–H and O–H groups in total. The van der Waals surface area contributed by atoms with Crippen LogP contribution in [0.3, 0.4) is 0 Å². The number of ether oxygens (including phenoxy) is 2. The Morgan fingerprint density at radius 3 is 1.82 bits per heavy atom. The molecule has 2 rings (SSSR count). The Labute approximate surface area is 134 Å². The molecule has 118 valence electrons. The van der Waals surface area contributed by atoms with Crippen molar-refractivity contribution in [2.45, 2.75) is 52.7 Å². The van der Waals surface area contributed by atoms with Gasteiger partial charge in [-0.1, -0.05) is 30.3 Å². The van der Waals surface area contributed by atoms with E-state index in [2.05, 4.69) is 59.7 Å². The molecule has 2 nitrogen and oxygen atoms in total. The van der Waals surface area contributed by atoms with Crippen molar-refractivity contribution in [3.63, 3.8) is 0 Å². The van der Waals surface area contributed by atoms with Crippen LogP contribution in [0.25, 0.3) is 11.1 Å². The van der Waals surface area contributed by atoms with Gasteiger partial charge in [0, 0.05) is 5.56 Å². The summed E-state index contributed by atoms with van der Waals surface area (Å²) in [4.78, 5) is 0. The summed E-state index contributed by atoms with van der Waals surface area (Å²) in [5, 5.41) is 0. The highest BCUT2D eigenvalue weighted by Crippen LogP contribution is 2.36. The van der Waals surface area contributed by atoms with E-state index in [4.69, 9.17) is 9.47 Å². The maximum Gasteiger partial charge on any atom is 0.128 e. The summed E-state index contributed by atoms with van der Waals surface area (Å²) in [7, 11) is 0. The third kappa shape index (κ3) is 4.80. The molecular formula is C20H26O2. The quantitative estimate of drug-likeness (QED) is 0.722. The molecule has 2 aromatic rings. The standard InChI is InChI=1S/C20H26O2/c1-19(2,3)21-16-12-13-18(22-20(4,5)6)17(14-16)15-10-8-7-9-11-15/h7-14H,1-6H3. The zero-order valence-electron chi connectivity index (χ0n) is 14.4. The van der Waals surface area contributed by atoms with Crippen molar-refractivity contribution < 1.29 is 9.47 Å². The molecule has 0 aromatic heterocycles. The fourth-order valence-electron chi connectivity index (χ4n) is 2.19. The first-order valence-electron chi connectivity index (χ1n) is 7.72. The summed E-state index contributed by atoms with van der Waals surface area (Å²) in [5.74, 6) is 1.73. The molecule has 0 heterocycles. The Bertz CT molecular complexity index is 616.